The molecule has 1 amide bonds. The SMILES string of the molecule is O=C([O-])N1CCN(c2ccc([N+](=O)[O-])cc2)CC1. The summed E-state index contributed by atoms with van der Waals surface area (Å²) in [6.07, 6.45) is -1.15. The standard InChI is InChI=1S/C11H13N3O4/c15-11(16)13-7-5-12(6-8-13)9-1-3-10(4-2-9)14(17)18/h1-4H,5-8H2,(H,15,16)/p-1. The average Bonchev–Trinajstić information content (AvgIpc) is 2.39. The first-order valence-electron chi connectivity index (χ1n) is 5.53. The smallest absolute Gasteiger partial charge is 0.269 e. The predicted molar refractivity (Wildman–Crippen MR) is 62.3 cm³/mol. The monoisotopic (exact) mass is 250 g/mol. The minimum absolute atomic E-state index is 0.0483. The molecule has 0 bridgehead atoms. The molecule has 1 aliphatic heterocycles. The van der Waals surface area contributed by atoms with E-state index in [1.807, 2.05) is 4.90 Å². The van der Waals surface area contributed by atoms with Gasteiger partial charge in [0.25, 0.3) is 5.69 Å². The molecule has 0 aliphatic carbocycles. The first kappa shape index (κ1) is 12.2. The van der Waals surface area contributed by atoms with Crippen LogP contribution in [0.2, 0.25) is 0 Å². The number of piperazine rings is 1. The summed E-state index contributed by atoms with van der Waals surface area (Å²) >= 11 is 0. The van der Waals surface area contributed by atoms with E-state index < -0.39 is 11.0 Å². The first-order valence-corrected chi connectivity index (χ1v) is 5.53. The van der Waals surface area contributed by atoms with Crippen LogP contribution < -0.4 is 10.0 Å². The van der Waals surface area contributed by atoms with E-state index in [1.165, 1.54) is 17.0 Å². The number of nitrogens with zero attached hydrogens (tertiary/aromatic N) is 3. The molecular weight excluding hydrogens is 238 g/mol. The number of anilines is 1. The van der Waals surface area contributed by atoms with E-state index in [2.05, 4.69) is 0 Å². The van der Waals surface area contributed by atoms with Crippen LogP contribution in [0.15, 0.2) is 24.3 Å². The van der Waals surface area contributed by atoms with Crippen molar-refractivity contribution in [2.24, 2.45) is 0 Å². The van der Waals surface area contributed by atoms with Gasteiger partial charge in [0.2, 0.25) is 0 Å². The van der Waals surface area contributed by atoms with Gasteiger partial charge in [-0.3, -0.25) is 10.1 Å². The Balaban J connectivity index is 2.01. The van der Waals surface area contributed by atoms with E-state index >= 15 is 0 Å². The number of benzene rings is 1. The van der Waals surface area contributed by atoms with Crippen molar-refractivity contribution in [3.05, 3.63) is 34.4 Å². The zero-order valence-corrected chi connectivity index (χ0v) is 9.61. The van der Waals surface area contributed by atoms with E-state index in [9.17, 15) is 20.0 Å². The molecule has 0 saturated carbocycles. The Bertz CT molecular complexity index is 452. The Labute approximate surface area is 103 Å². The van der Waals surface area contributed by atoms with Crippen LogP contribution in [0.1, 0.15) is 0 Å². The number of carboxylic acid groups (broad SMARTS) is 1. The fourth-order valence-electron chi connectivity index (χ4n) is 1.93. The second-order valence-electron chi connectivity index (χ2n) is 4.01. The summed E-state index contributed by atoms with van der Waals surface area (Å²) in [6.45, 7) is 1.90. The van der Waals surface area contributed by atoms with Crippen molar-refractivity contribution in [3.8, 4) is 0 Å². The van der Waals surface area contributed by atoms with E-state index in [0.717, 1.165) is 5.69 Å². The highest BCUT2D eigenvalue weighted by Crippen LogP contribution is 2.20. The van der Waals surface area contributed by atoms with Crippen LogP contribution in [0.4, 0.5) is 16.2 Å². The molecule has 7 heteroatoms. The van der Waals surface area contributed by atoms with Crippen LogP contribution in [-0.4, -0.2) is 42.1 Å². The second-order valence-corrected chi connectivity index (χ2v) is 4.01. The molecule has 96 valence electrons. The normalized spacial score (nSPS) is 15.6. The number of nitro benzene ring substituents is 1. The lowest BCUT2D eigenvalue weighted by Gasteiger charge is -2.37. The minimum atomic E-state index is -1.15. The molecule has 18 heavy (non-hydrogen) atoms. The van der Waals surface area contributed by atoms with Crippen molar-refractivity contribution >= 4 is 17.5 Å². The quantitative estimate of drug-likeness (QED) is 0.547. The number of hydrogen-bond acceptors (Lipinski definition) is 5. The lowest BCUT2D eigenvalue weighted by atomic mass is 10.2. The minimum Gasteiger partial charge on any atom is -0.530 e. The molecule has 7 nitrogen and oxygen atoms in total. The summed E-state index contributed by atoms with van der Waals surface area (Å²) in [7, 11) is 0. The van der Waals surface area contributed by atoms with E-state index in [-0.39, 0.29) is 5.69 Å². The molecule has 0 radical (unpaired) electrons. The molecule has 0 aromatic heterocycles. The number of rotatable bonds is 2. The zero-order chi connectivity index (χ0) is 13.1. The second kappa shape index (κ2) is 4.91. The molecule has 1 aromatic rings. The Kier molecular flexibility index (Phi) is 3.31. The molecule has 2 rings (SSSR count). The fourth-order valence-corrected chi connectivity index (χ4v) is 1.93. The lowest BCUT2D eigenvalue weighted by molar-refractivity contribution is -0.384. The first-order chi connectivity index (χ1) is 8.58. The van der Waals surface area contributed by atoms with Crippen LogP contribution >= 0.6 is 0 Å². The van der Waals surface area contributed by atoms with Crippen LogP contribution in [0.3, 0.4) is 0 Å². The van der Waals surface area contributed by atoms with Gasteiger partial charge < -0.3 is 19.7 Å². The zero-order valence-electron chi connectivity index (χ0n) is 9.61. The molecule has 1 aromatic carbocycles. The fraction of sp³-hybridized carbons (Fsp3) is 0.364. The van der Waals surface area contributed by atoms with Crippen molar-refractivity contribution in [1.82, 2.24) is 4.90 Å². The van der Waals surface area contributed by atoms with Crippen molar-refractivity contribution in [3.63, 3.8) is 0 Å². The maximum atomic E-state index is 10.6. The molecule has 1 heterocycles. The maximum absolute atomic E-state index is 10.6. The number of nitro groups is 1. The highest BCUT2D eigenvalue weighted by molar-refractivity contribution is 5.63. The highest BCUT2D eigenvalue weighted by atomic mass is 16.6. The largest absolute Gasteiger partial charge is 0.530 e. The number of carbonyl (C=O) groups is 1. The molecule has 0 unspecified atom stereocenters. The van der Waals surface area contributed by atoms with Gasteiger partial charge in [-0.05, 0) is 12.1 Å². The van der Waals surface area contributed by atoms with Gasteiger partial charge in [0.1, 0.15) is 6.09 Å². The van der Waals surface area contributed by atoms with Gasteiger partial charge in [0.15, 0.2) is 0 Å². The van der Waals surface area contributed by atoms with Crippen molar-refractivity contribution in [2.45, 2.75) is 0 Å². The Hall–Kier alpha value is -2.31. The molecule has 0 N–H and O–H groups in total. The van der Waals surface area contributed by atoms with Gasteiger partial charge in [-0.1, -0.05) is 0 Å². The molecule has 1 saturated heterocycles. The lowest BCUT2D eigenvalue weighted by Crippen LogP contribution is -2.52. The van der Waals surface area contributed by atoms with Gasteiger partial charge in [-0.25, -0.2) is 0 Å². The molecular formula is C11H12N3O4-. The van der Waals surface area contributed by atoms with Gasteiger partial charge in [-0.2, -0.15) is 0 Å². The average molecular weight is 250 g/mol. The summed E-state index contributed by atoms with van der Waals surface area (Å²) in [6, 6.07) is 6.24. The summed E-state index contributed by atoms with van der Waals surface area (Å²) in [5.41, 5.74) is 0.908. The van der Waals surface area contributed by atoms with Gasteiger partial charge in [0.05, 0.1) is 4.92 Å². The van der Waals surface area contributed by atoms with Crippen LogP contribution in [0, 0.1) is 10.1 Å². The van der Waals surface area contributed by atoms with Crippen molar-refractivity contribution in [2.75, 3.05) is 31.1 Å². The number of non-ortho nitro benzene ring substituents is 1. The van der Waals surface area contributed by atoms with Crippen molar-refractivity contribution < 1.29 is 14.8 Å². The third kappa shape index (κ3) is 2.50. The number of amides is 1. The van der Waals surface area contributed by atoms with Crippen LogP contribution in [0.25, 0.3) is 0 Å². The topological polar surface area (TPSA) is 89.8 Å². The molecule has 1 fully saturated rings. The van der Waals surface area contributed by atoms with Gasteiger partial charge >= 0.3 is 0 Å². The molecule has 0 atom stereocenters. The highest BCUT2D eigenvalue weighted by Gasteiger charge is 2.17. The Morgan fingerprint density at radius 1 is 1.11 bits per heavy atom. The summed E-state index contributed by atoms with van der Waals surface area (Å²) < 4.78 is 0. The maximum Gasteiger partial charge on any atom is 0.269 e. The Morgan fingerprint density at radius 2 is 1.67 bits per heavy atom. The van der Waals surface area contributed by atoms with E-state index in [1.54, 1.807) is 12.1 Å². The third-order valence-corrected chi connectivity index (χ3v) is 2.96. The van der Waals surface area contributed by atoms with E-state index in [0.29, 0.717) is 26.2 Å². The van der Waals surface area contributed by atoms with Gasteiger partial charge in [0, 0.05) is 44.0 Å². The Morgan fingerprint density at radius 3 is 2.11 bits per heavy atom. The van der Waals surface area contributed by atoms with Crippen molar-refractivity contribution in [1.29, 1.82) is 0 Å². The van der Waals surface area contributed by atoms with Crippen LogP contribution in [-0.2, 0) is 0 Å². The van der Waals surface area contributed by atoms with E-state index in [4.69, 9.17) is 0 Å². The van der Waals surface area contributed by atoms with Crippen LogP contribution in [0.5, 0.6) is 0 Å². The summed E-state index contributed by atoms with van der Waals surface area (Å²) in [4.78, 5) is 24.0. The van der Waals surface area contributed by atoms with Gasteiger partial charge in [-0.15, -0.1) is 0 Å². The predicted octanol–water partition coefficient (Wildman–Crippen LogP) is 0.0601. The molecule has 1 aliphatic rings. The summed E-state index contributed by atoms with van der Waals surface area (Å²) in [5.74, 6) is 0. The number of carbonyl (C=O) groups excluding carboxylic acids is 1. The third-order valence-electron chi connectivity index (χ3n) is 2.96. The molecule has 0 spiro atoms. The summed E-state index contributed by atoms with van der Waals surface area (Å²) in [5, 5.41) is 21.2. The number of hydrogen-bond donors (Lipinski definition) is 0.